The average Bonchev–Trinajstić information content (AvgIpc) is 2.65. The summed E-state index contributed by atoms with van der Waals surface area (Å²) in [4.78, 5) is 25.8. The summed E-state index contributed by atoms with van der Waals surface area (Å²) in [5.41, 5.74) is 1.99. The fourth-order valence-electron chi connectivity index (χ4n) is 2.33. The van der Waals surface area contributed by atoms with Gasteiger partial charge in [-0.1, -0.05) is 12.1 Å². The smallest absolute Gasteiger partial charge is 0.337 e. The first-order valence-electron chi connectivity index (χ1n) is 7.69. The molecule has 2 aromatic carbocycles. The molecule has 0 aromatic heterocycles. The van der Waals surface area contributed by atoms with Gasteiger partial charge >= 0.3 is 5.97 Å². The molecule has 0 aliphatic rings. The lowest BCUT2D eigenvalue weighted by atomic mass is 10.1. The minimum absolute atomic E-state index is 0.0790. The van der Waals surface area contributed by atoms with E-state index < -0.39 is 5.97 Å². The van der Waals surface area contributed by atoms with Crippen LogP contribution in [0.1, 0.15) is 33.2 Å². The molecule has 126 valence electrons. The van der Waals surface area contributed by atoms with Gasteiger partial charge in [0.1, 0.15) is 5.75 Å². The topological polar surface area (TPSA) is 55.8 Å². The number of carbonyl (C=O) groups excluding carboxylic acids is 2. The van der Waals surface area contributed by atoms with Crippen molar-refractivity contribution in [1.82, 2.24) is 4.90 Å². The number of nitrogens with zero attached hydrogens (tertiary/aromatic N) is 1. The predicted octanol–water partition coefficient (Wildman–Crippen LogP) is 3.14. The lowest BCUT2D eigenvalue weighted by Crippen LogP contribution is -2.30. The van der Waals surface area contributed by atoms with Crippen molar-refractivity contribution < 1.29 is 19.1 Å². The van der Waals surface area contributed by atoms with Crippen LogP contribution in [-0.4, -0.2) is 37.5 Å². The Hall–Kier alpha value is -2.82. The van der Waals surface area contributed by atoms with Crippen LogP contribution in [0.2, 0.25) is 0 Å². The maximum Gasteiger partial charge on any atom is 0.337 e. The van der Waals surface area contributed by atoms with Gasteiger partial charge in [-0.05, 0) is 48.9 Å². The number of esters is 1. The summed E-state index contributed by atoms with van der Waals surface area (Å²) in [5.74, 6) is 0.288. The molecule has 0 unspecified atom stereocenters. The molecule has 2 rings (SSSR count). The normalized spacial score (nSPS) is 10.1. The van der Waals surface area contributed by atoms with Gasteiger partial charge in [0.2, 0.25) is 0 Å². The number of hydrogen-bond donors (Lipinski definition) is 0. The van der Waals surface area contributed by atoms with Crippen molar-refractivity contribution in [3.05, 3.63) is 65.2 Å². The fourth-order valence-corrected chi connectivity index (χ4v) is 2.33. The summed E-state index contributed by atoms with van der Waals surface area (Å²) in [6.07, 6.45) is 0. The van der Waals surface area contributed by atoms with E-state index in [4.69, 9.17) is 4.74 Å². The Bertz CT molecular complexity index is 692. The molecule has 2 aromatic rings. The average molecular weight is 327 g/mol. The standard InChI is InChI=1S/C19H21NO4/c1-4-20(13-14-5-11-17(23-2)12-6-14)18(21)15-7-9-16(10-8-15)19(22)24-3/h5-12H,4,13H2,1-3H3. The summed E-state index contributed by atoms with van der Waals surface area (Å²) in [6, 6.07) is 14.1. The number of methoxy groups -OCH3 is 2. The third-order valence-corrected chi connectivity index (χ3v) is 3.75. The van der Waals surface area contributed by atoms with Crippen LogP contribution in [0.3, 0.4) is 0 Å². The van der Waals surface area contributed by atoms with Gasteiger partial charge in [-0.2, -0.15) is 0 Å². The molecule has 0 spiro atoms. The van der Waals surface area contributed by atoms with E-state index in [1.165, 1.54) is 7.11 Å². The zero-order valence-corrected chi connectivity index (χ0v) is 14.1. The van der Waals surface area contributed by atoms with Crippen molar-refractivity contribution in [2.45, 2.75) is 13.5 Å². The molecule has 0 radical (unpaired) electrons. The number of carbonyl (C=O) groups is 2. The van der Waals surface area contributed by atoms with E-state index in [0.717, 1.165) is 11.3 Å². The first kappa shape index (κ1) is 17.5. The largest absolute Gasteiger partial charge is 0.497 e. The second-order valence-corrected chi connectivity index (χ2v) is 5.24. The maximum atomic E-state index is 12.6. The van der Waals surface area contributed by atoms with Crippen LogP contribution in [0, 0.1) is 0 Å². The van der Waals surface area contributed by atoms with Crippen molar-refractivity contribution in [2.75, 3.05) is 20.8 Å². The molecule has 0 saturated heterocycles. The maximum absolute atomic E-state index is 12.6. The minimum Gasteiger partial charge on any atom is -0.497 e. The van der Waals surface area contributed by atoms with E-state index >= 15 is 0 Å². The highest BCUT2D eigenvalue weighted by atomic mass is 16.5. The molecule has 0 aliphatic carbocycles. The van der Waals surface area contributed by atoms with Crippen LogP contribution in [0.15, 0.2) is 48.5 Å². The van der Waals surface area contributed by atoms with Gasteiger partial charge in [0.25, 0.3) is 5.91 Å². The number of hydrogen-bond acceptors (Lipinski definition) is 4. The van der Waals surface area contributed by atoms with E-state index in [1.54, 1.807) is 36.3 Å². The molecule has 24 heavy (non-hydrogen) atoms. The van der Waals surface area contributed by atoms with E-state index in [1.807, 2.05) is 31.2 Å². The summed E-state index contributed by atoms with van der Waals surface area (Å²) in [6.45, 7) is 3.03. The molecule has 0 fully saturated rings. The second-order valence-electron chi connectivity index (χ2n) is 5.24. The van der Waals surface area contributed by atoms with Gasteiger partial charge in [0, 0.05) is 18.7 Å². The van der Waals surface area contributed by atoms with Gasteiger partial charge in [0.15, 0.2) is 0 Å². The number of ether oxygens (including phenoxy) is 2. The molecule has 0 saturated carbocycles. The van der Waals surface area contributed by atoms with Gasteiger partial charge in [0.05, 0.1) is 19.8 Å². The highest BCUT2D eigenvalue weighted by molar-refractivity contribution is 5.96. The molecule has 0 atom stereocenters. The van der Waals surface area contributed by atoms with E-state index in [9.17, 15) is 9.59 Å². The molecule has 5 heteroatoms. The van der Waals surface area contributed by atoms with Crippen LogP contribution < -0.4 is 4.74 Å². The van der Waals surface area contributed by atoms with E-state index in [-0.39, 0.29) is 5.91 Å². The Kier molecular flexibility index (Phi) is 5.95. The zero-order valence-electron chi connectivity index (χ0n) is 14.1. The monoisotopic (exact) mass is 327 g/mol. The molecule has 0 bridgehead atoms. The highest BCUT2D eigenvalue weighted by Crippen LogP contribution is 2.15. The number of rotatable bonds is 6. The Balaban J connectivity index is 2.11. The Morgan fingerprint density at radius 1 is 0.917 bits per heavy atom. The van der Waals surface area contributed by atoms with Crippen LogP contribution in [0.25, 0.3) is 0 Å². The molecule has 0 heterocycles. The van der Waals surface area contributed by atoms with Crippen molar-refractivity contribution >= 4 is 11.9 Å². The lowest BCUT2D eigenvalue weighted by Gasteiger charge is -2.21. The van der Waals surface area contributed by atoms with Gasteiger partial charge in [-0.3, -0.25) is 4.79 Å². The summed E-state index contributed by atoms with van der Waals surface area (Å²) in [5, 5.41) is 0. The molecular weight excluding hydrogens is 306 g/mol. The molecule has 0 aliphatic heterocycles. The minimum atomic E-state index is -0.417. The lowest BCUT2D eigenvalue weighted by molar-refractivity contribution is 0.0599. The third-order valence-electron chi connectivity index (χ3n) is 3.75. The summed E-state index contributed by atoms with van der Waals surface area (Å²) < 4.78 is 9.80. The Morgan fingerprint density at radius 3 is 2.00 bits per heavy atom. The predicted molar refractivity (Wildman–Crippen MR) is 91.2 cm³/mol. The molecule has 0 N–H and O–H groups in total. The van der Waals surface area contributed by atoms with E-state index in [2.05, 4.69) is 4.74 Å². The van der Waals surface area contributed by atoms with Gasteiger partial charge in [-0.25, -0.2) is 4.79 Å². The quantitative estimate of drug-likeness (QED) is 0.765. The first-order chi connectivity index (χ1) is 11.6. The summed E-state index contributed by atoms with van der Waals surface area (Å²) in [7, 11) is 2.95. The van der Waals surface area contributed by atoms with Gasteiger partial charge < -0.3 is 14.4 Å². The Labute approximate surface area is 141 Å². The first-order valence-corrected chi connectivity index (χ1v) is 7.69. The third kappa shape index (κ3) is 4.13. The number of amides is 1. The Morgan fingerprint density at radius 2 is 1.50 bits per heavy atom. The zero-order chi connectivity index (χ0) is 17.5. The molecule has 5 nitrogen and oxygen atoms in total. The van der Waals surface area contributed by atoms with Gasteiger partial charge in [-0.15, -0.1) is 0 Å². The van der Waals surface area contributed by atoms with Crippen LogP contribution in [0.4, 0.5) is 0 Å². The van der Waals surface area contributed by atoms with Crippen molar-refractivity contribution in [3.8, 4) is 5.75 Å². The second kappa shape index (κ2) is 8.15. The summed E-state index contributed by atoms with van der Waals surface area (Å²) >= 11 is 0. The van der Waals surface area contributed by atoms with Crippen LogP contribution >= 0.6 is 0 Å². The van der Waals surface area contributed by atoms with Crippen LogP contribution in [0.5, 0.6) is 5.75 Å². The van der Waals surface area contributed by atoms with Crippen molar-refractivity contribution in [1.29, 1.82) is 0 Å². The molecule has 1 amide bonds. The van der Waals surface area contributed by atoms with Crippen LogP contribution in [-0.2, 0) is 11.3 Å². The fraction of sp³-hybridized carbons (Fsp3) is 0.263. The van der Waals surface area contributed by atoms with Crippen molar-refractivity contribution in [2.24, 2.45) is 0 Å². The number of benzene rings is 2. The molecular formula is C19H21NO4. The van der Waals surface area contributed by atoms with Crippen molar-refractivity contribution in [3.63, 3.8) is 0 Å². The SMILES string of the molecule is CCN(Cc1ccc(OC)cc1)C(=O)c1ccc(C(=O)OC)cc1. The van der Waals surface area contributed by atoms with E-state index in [0.29, 0.717) is 24.2 Å². The highest BCUT2D eigenvalue weighted by Gasteiger charge is 2.15.